The van der Waals surface area contributed by atoms with Crippen LogP contribution in [0, 0.1) is 5.92 Å². The predicted molar refractivity (Wildman–Crippen MR) is 98.6 cm³/mol. The molecule has 170 valence electrons. The van der Waals surface area contributed by atoms with Gasteiger partial charge in [-0.15, -0.1) is 0 Å². The Morgan fingerprint density at radius 3 is 2.60 bits per heavy atom. The fourth-order valence-corrected chi connectivity index (χ4v) is 3.52. The molecule has 8 nitrogen and oxygen atoms in total. The van der Waals surface area contributed by atoms with Crippen molar-refractivity contribution in [3.8, 4) is 0 Å². The van der Waals surface area contributed by atoms with Crippen LogP contribution >= 0.6 is 0 Å². The fraction of sp³-hybridized carbons (Fsp3) is 0.684. The van der Waals surface area contributed by atoms with E-state index in [1.165, 1.54) is 5.56 Å². The van der Waals surface area contributed by atoms with Crippen LogP contribution in [0.4, 0.5) is 13.2 Å². The van der Waals surface area contributed by atoms with Crippen molar-refractivity contribution in [2.24, 2.45) is 5.92 Å². The maximum atomic E-state index is 11.6. The van der Waals surface area contributed by atoms with Gasteiger partial charge in [-0.2, -0.15) is 13.2 Å². The summed E-state index contributed by atoms with van der Waals surface area (Å²) < 4.78 is 48.5. The minimum absolute atomic E-state index is 0.0123. The molecule has 2 fully saturated rings. The molecule has 2 heterocycles. The first-order chi connectivity index (χ1) is 14.1. The first-order valence-electron chi connectivity index (χ1n) is 9.52. The van der Waals surface area contributed by atoms with Gasteiger partial charge in [0.2, 0.25) is 5.91 Å². The largest absolute Gasteiger partial charge is 0.490 e. The van der Waals surface area contributed by atoms with Gasteiger partial charge in [0.25, 0.3) is 0 Å². The topological polar surface area (TPSA) is 92.5 Å². The molecule has 1 aromatic heterocycles. The average molecular weight is 436 g/mol. The molecule has 0 aromatic carbocycles. The third-order valence-electron chi connectivity index (χ3n) is 5.04. The van der Waals surface area contributed by atoms with Crippen LogP contribution in [0.15, 0.2) is 23.0 Å². The van der Waals surface area contributed by atoms with Gasteiger partial charge in [0.1, 0.15) is 6.61 Å². The number of aliphatic carboxylic acids is 1. The van der Waals surface area contributed by atoms with Crippen molar-refractivity contribution in [2.75, 3.05) is 40.5 Å². The highest BCUT2D eigenvalue weighted by Crippen LogP contribution is 2.35. The molecule has 1 aliphatic heterocycles. The highest BCUT2D eigenvalue weighted by molar-refractivity contribution is 5.76. The van der Waals surface area contributed by atoms with Crippen LogP contribution in [-0.2, 0) is 25.6 Å². The molecule has 1 aromatic rings. The lowest BCUT2D eigenvalue weighted by Gasteiger charge is -2.37. The number of alkyl halides is 3. The van der Waals surface area contributed by atoms with Gasteiger partial charge in [-0.1, -0.05) is 0 Å². The molecule has 0 bridgehead atoms. The van der Waals surface area contributed by atoms with Crippen molar-refractivity contribution in [3.63, 3.8) is 0 Å². The van der Waals surface area contributed by atoms with Crippen molar-refractivity contribution in [3.05, 3.63) is 24.2 Å². The fourth-order valence-electron chi connectivity index (χ4n) is 3.52. The van der Waals surface area contributed by atoms with Gasteiger partial charge in [-0.25, -0.2) is 4.79 Å². The number of halogens is 3. The van der Waals surface area contributed by atoms with Crippen molar-refractivity contribution < 1.29 is 41.8 Å². The number of carbonyl (C=O) groups excluding carboxylic acids is 1. The van der Waals surface area contributed by atoms with E-state index in [2.05, 4.69) is 4.90 Å². The Bertz CT molecular complexity index is 680. The second kappa shape index (κ2) is 10.8. The number of hydrogen-bond acceptors (Lipinski definition) is 6. The first kappa shape index (κ1) is 24.2. The van der Waals surface area contributed by atoms with E-state index in [1.54, 1.807) is 25.3 Å². The van der Waals surface area contributed by atoms with E-state index in [0.29, 0.717) is 18.6 Å². The number of fused-ring (bicyclic) bond motifs is 1. The smallest absolute Gasteiger partial charge is 0.475 e. The number of amides is 1. The van der Waals surface area contributed by atoms with Crippen LogP contribution in [0.25, 0.3) is 0 Å². The van der Waals surface area contributed by atoms with Gasteiger partial charge in [0, 0.05) is 38.8 Å². The Labute approximate surface area is 172 Å². The summed E-state index contributed by atoms with van der Waals surface area (Å²) >= 11 is 0. The molecule has 3 rings (SSSR count). The number of ether oxygens (including phenoxy) is 2. The standard InChI is InChI=1S/C17H26N2O4.C2HF3O2/c1-18(2)17(20)12-22-11-14-7-15-16(8-14)23-6-4-19(15)9-13-3-5-21-10-13;3-2(4,5)1(6)7/h3,5,10,14-16H,4,6-9,11-12H2,1-2H3;(H,6,7). The lowest BCUT2D eigenvalue weighted by atomic mass is 10.1. The molecule has 2 aliphatic rings. The molecular formula is C19H27F3N2O6. The lowest BCUT2D eigenvalue weighted by Crippen LogP contribution is -2.47. The molecule has 11 heteroatoms. The number of morpholine rings is 1. The van der Waals surface area contributed by atoms with Crippen molar-refractivity contribution in [1.29, 1.82) is 0 Å². The van der Waals surface area contributed by atoms with Gasteiger partial charge in [0.05, 0.1) is 31.8 Å². The van der Waals surface area contributed by atoms with Gasteiger partial charge in [-0.05, 0) is 24.8 Å². The second-order valence-electron chi connectivity index (χ2n) is 7.52. The quantitative estimate of drug-likeness (QED) is 0.729. The Hall–Kier alpha value is -2.11. The predicted octanol–water partition coefficient (Wildman–Crippen LogP) is 2.00. The van der Waals surface area contributed by atoms with Gasteiger partial charge in [-0.3, -0.25) is 9.69 Å². The molecule has 1 N–H and O–H groups in total. The zero-order valence-corrected chi connectivity index (χ0v) is 16.9. The number of carboxylic acid groups (broad SMARTS) is 1. The van der Waals surface area contributed by atoms with Crippen LogP contribution in [0.3, 0.4) is 0 Å². The number of carboxylic acids is 1. The molecule has 3 unspecified atom stereocenters. The van der Waals surface area contributed by atoms with E-state index in [1.807, 2.05) is 12.3 Å². The lowest BCUT2D eigenvalue weighted by molar-refractivity contribution is -0.192. The van der Waals surface area contributed by atoms with Crippen LogP contribution in [0.5, 0.6) is 0 Å². The number of likely N-dealkylation sites (N-methyl/N-ethyl adjacent to an activating group) is 1. The molecule has 1 saturated carbocycles. The third kappa shape index (κ3) is 7.29. The van der Waals surface area contributed by atoms with Crippen LogP contribution in [-0.4, -0.2) is 85.6 Å². The second-order valence-corrected chi connectivity index (χ2v) is 7.52. The van der Waals surface area contributed by atoms with E-state index in [-0.39, 0.29) is 18.6 Å². The Morgan fingerprint density at radius 2 is 2.03 bits per heavy atom. The number of hydrogen-bond donors (Lipinski definition) is 1. The van der Waals surface area contributed by atoms with E-state index in [9.17, 15) is 18.0 Å². The molecule has 1 saturated heterocycles. The summed E-state index contributed by atoms with van der Waals surface area (Å²) in [7, 11) is 3.49. The van der Waals surface area contributed by atoms with Gasteiger partial charge >= 0.3 is 12.1 Å². The van der Waals surface area contributed by atoms with Gasteiger partial charge in [0.15, 0.2) is 0 Å². The van der Waals surface area contributed by atoms with Crippen molar-refractivity contribution >= 4 is 11.9 Å². The van der Waals surface area contributed by atoms with Gasteiger partial charge < -0.3 is 23.9 Å². The highest BCUT2D eigenvalue weighted by atomic mass is 19.4. The maximum absolute atomic E-state index is 11.6. The Balaban J connectivity index is 0.000000396. The summed E-state index contributed by atoms with van der Waals surface area (Å²) in [6, 6.07) is 2.46. The summed E-state index contributed by atoms with van der Waals surface area (Å²) in [4.78, 5) is 24.5. The van der Waals surface area contributed by atoms with E-state index < -0.39 is 12.1 Å². The SMILES string of the molecule is CN(C)C(=O)COCC1CC2OCCN(Cc3ccoc3)C2C1.O=C(O)C(F)(F)F. The normalized spacial score (nSPS) is 24.0. The van der Waals surface area contributed by atoms with Crippen molar-refractivity contribution in [2.45, 2.75) is 37.7 Å². The molecule has 1 amide bonds. The summed E-state index contributed by atoms with van der Waals surface area (Å²) in [6.07, 6.45) is 0.822. The maximum Gasteiger partial charge on any atom is 0.490 e. The zero-order valence-electron chi connectivity index (χ0n) is 16.9. The summed E-state index contributed by atoms with van der Waals surface area (Å²) in [5.74, 6) is -2.28. The summed E-state index contributed by atoms with van der Waals surface area (Å²) in [5, 5.41) is 7.12. The molecule has 1 aliphatic carbocycles. The minimum atomic E-state index is -5.08. The summed E-state index contributed by atoms with van der Waals surface area (Å²) in [5.41, 5.74) is 1.21. The molecular weight excluding hydrogens is 409 g/mol. The Kier molecular flexibility index (Phi) is 8.68. The van der Waals surface area contributed by atoms with Crippen LogP contribution in [0.1, 0.15) is 18.4 Å². The zero-order chi connectivity index (χ0) is 22.3. The molecule has 30 heavy (non-hydrogen) atoms. The third-order valence-corrected chi connectivity index (χ3v) is 5.04. The summed E-state index contributed by atoms with van der Waals surface area (Å²) in [6.45, 7) is 3.45. The van der Waals surface area contributed by atoms with Crippen LogP contribution in [0.2, 0.25) is 0 Å². The van der Waals surface area contributed by atoms with Crippen molar-refractivity contribution in [1.82, 2.24) is 9.80 Å². The highest BCUT2D eigenvalue weighted by Gasteiger charge is 2.41. The Morgan fingerprint density at radius 1 is 1.33 bits per heavy atom. The monoisotopic (exact) mass is 436 g/mol. The van der Waals surface area contributed by atoms with E-state index in [4.69, 9.17) is 23.8 Å². The average Bonchev–Trinajstić information content (AvgIpc) is 3.31. The number of carbonyl (C=O) groups is 2. The first-order valence-corrected chi connectivity index (χ1v) is 9.52. The number of nitrogens with zero attached hydrogens (tertiary/aromatic N) is 2. The minimum Gasteiger partial charge on any atom is -0.475 e. The number of furan rings is 1. The van der Waals surface area contributed by atoms with E-state index >= 15 is 0 Å². The van der Waals surface area contributed by atoms with E-state index in [0.717, 1.165) is 32.5 Å². The van der Waals surface area contributed by atoms with Crippen LogP contribution < -0.4 is 0 Å². The molecule has 0 spiro atoms. The molecule has 0 radical (unpaired) electrons. The number of rotatable bonds is 6. The molecule has 3 atom stereocenters.